The van der Waals surface area contributed by atoms with Crippen LogP contribution in [-0.4, -0.2) is 29.5 Å². The second-order valence-corrected chi connectivity index (χ2v) is 6.93. The van der Waals surface area contributed by atoms with E-state index in [9.17, 15) is 9.59 Å². The standard InChI is InChI=1S/C17H20N4O2S/c1-10-8-9-18-14(22)13(10)20-17(23)21-15-11(2)19-16(24-15)12-6-4-3-5-7-12/h3-7,10,13H,8-9H2,1-2H3,(H,18,22)(H2,20,21,23). The van der Waals surface area contributed by atoms with Crippen LogP contribution in [0.1, 0.15) is 19.0 Å². The van der Waals surface area contributed by atoms with Crippen LogP contribution < -0.4 is 16.0 Å². The molecule has 1 aliphatic rings. The minimum atomic E-state index is -0.499. The number of carbonyl (C=O) groups excluding carboxylic acids is 2. The van der Waals surface area contributed by atoms with E-state index in [1.165, 1.54) is 11.3 Å². The largest absolute Gasteiger partial charge is 0.354 e. The number of benzene rings is 1. The number of carbonyl (C=O) groups is 2. The molecule has 2 unspecified atom stereocenters. The van der Waals surface area contributed by atoms with Gasteiger partial charge in [-0.05, 0) is 19.3 Å². The number of hydrogen-bond donors (Lipinski definition) is 3. The van der Waals surface area contributed by atoms with Crippen LogP contribution in [0, 0.1) is 12.8 Å². The number of urea groups is 1. The molecule has 0 radical (unpaired) electrons. The Bertz CT molecular complexity index is 744. The molecule has 24 heavy (non-hydrogen) atoms. The van der Waals surface area contributed by atoms with Crippen LogP contribution in [0.2, 0.25) is 0 Å². The van der Waals surface area contributed by atoms with Gasteiger partial charge in [0.2, 0.25) is 5.91 Å². The van der Waals surface area contributed by atoms with Gasteiger partial charge in [-0.1, -0.05) is 48.6 Å². The first-order chi connectivity index (χ1) is 11.5. The smallest absolute Gasteiger partial charge is 0.320 e. The van der Waals surface area contributed by atoms with Crippen molar-refractivity contribution in [3.05, 3.63) is 36.0 Å². The summed E-state index contributed by atoms with van der Waals surface area (Å²) in [7, 11) is 0. The maximum absolute atomic E-state index is 12.2. The van der Waals surface area contributed by atoms with E-state index in [4.69, 9.17) is 0 Å². The second kappa shape index (κ2) is 7.00. The Kier molecular flexibility index (Phi) is 4.80. The van der Waals surface area contributed by atoms with E-state index < -0.39 is 6.04 Å². The Hall–Kier alpha value is -2.41. The van der Waals surface area contributed by atoms with E-state index in [2.05, 4.69) is 20.9 Å². The summed E-state index contributed by atoms with van der Waals surface area (Å²) in [5.74, 6) is -0.0122. The first-order valence-corrected chi connectivity index (χ1v) is 8.74. The molecule has 0 spiro atoms. The summed E-state index contributed by atoms with van der Waals surface area (Å²) in [5, 5.41) is 9.90. The molecule has 2 aromatic rings. The molecule has 1 aliphatic heterocycles. The van der Waals surface area contributed by atoms with Crippen LogP contribution >= 0.6 is 11.3 Å². The Morgan fingerprint density at radius 2 is 2.08 bits per heavy atom. The van der Waals surface area contributed by atoms with Crippen molar-refractivity contribution in [3.63, 3.8) is 0 Å². The van der Waals surface area contributed by atoms with Crippen LogP contribution in [-0.2, 0) is 4.79 Å². The highest BCUT2D eigenvalue weighted by molar-refractivity contribution is 7.19. The summed E-state index contributed by atoms with van der Waals surface area (Å²) in [6.45, 7) is 4.48. The molecule has 2 atom stereocenters. The molecule has 7 heteroatoms. The second-order valence-electron chi connectivity index (χ2n) is 5.93. The van der Waals surface area contributed by atoms with Crippen LogP contribution in [0.15, 0.2) is 30.3 Å². The zero-order chi connectivity index (χ0) is 17.1. The lowest BCUT2D eigenvalue weighted by molar-refractivity contribution is -0.125. The highest BCUT2D eigenvalue weighted by Gasteiger charge is 2.30. The van der Waals surface area contributed by atoms with Crippen LogP contribution in [0.3, 0.4) is 0 Å². The van der Waals surface area contributed by atoms with Gasteiger partial charge in [0, 0.05) is 12.1 Å². The molecule has 3 rings (SSSR count). The monoisotopic (exact) mass is 344 g/mol. The fourth-order valence-corrected chi connectivity index (χ4v) is 3.63. The number of rotatable bonds is 3. The van der Waals surface area contributed by atoms with Gasteiger partial charge in [-0.3, -0.25) is 10.1 Å². The van der Waals surface area contributed by atoms with Gasteiger partial charge in [-0.15, -0.1) is 0 Å². The van der Waals surface area contributed by atoms with Crippen molar-refractivity contribution in [2.75, 3.05) is 11.9 Å². The molecule has 0 aliphatic carbocycles. The van der Waals surface area contributed by atoms with E-state index in [0.717, 1.165) is 22.7 Å². The maximum atomic E-state index is 12.2. The quantitative estimate of drug-likeness (QED) is 0.800. The van der Waals surface area contributed by atoms with Gasteiger partial charge in [0.25, 0.3) is 0 Å². The van der Waals surface area contributed by atoms with Crippen molar-refractivity contribution in [2.45, 2.75) is 26.3 Å². The van der Waals surface area contributed by atoms with E-state index in [1.807, 2.05) is 44.2 Å². The third-order valence-electron chi connectivity index (χ3n) is 4.08. The zero-order valence-corrected chi connectivity index (χ0v) is 14.4. The Balaban J connectivity index is 1.68. The molecule has 1 saturated heterocycles. The summed E-state index contributed by atoms with van der Waals surface area (Å²) in [6.07, 6.45) is 0.856. The van der Waals surface area contributed by atoms with Crippen LogP contribution in [0.25, 0.3) is 10.6 Å². The SMILES string of the molecule is Cc1nc(-c2ccccc2)sc1NC(=O)NC1C(=O)NCCC1C. The van der Waals surface area contributed by atoms with Gasteiger partial charge in [-0.2, -0.15) is 0 Å². The van der Waals surface area contributed by atoms with E-state index in [1.54, 1.807) is 0 Å². The third kappa shape index (κ3) is 3.56. The topological polar surface area (TPSA) is 83.1 Å². The lowest BCUT2D eigenvalue weighted by Gasteiger charge is -2.28. The molecule has 1 aromatic carbocycles. The van der Waals surface area contributed by atoms with Crippen LogP contribution in [0.4, 0.5) is 9.80 Å². The number of aryl methyl sites for hydroxylation is 1. The van der Waals surface area contributed by atoms with Crippen LogP contribution in [0.5, 0.6) is 0 Å². The zero-order valence-electron chi connectivity index (χ0n) is 13.6. The fraction of sp³-hybridized carbons (Fsp3) is 0.353. The average Bonchev–Trinajstić information content (AvgIpc) is 2.93. The average molecular weight is 344 g/mol. The van der Waals surface area contributed by atoms with Gasteiger partial charge in [-0.25, -0.2) is 9.78 Å². The molecular formula is C17H20N4O2S. The number of amides is 3. The molecule has 0 saturated carbocycles. The van der Waals surface area contributed by atoms with Crippen molar-refractivity contribution < 1.29 is 9.59 Å². The predicted octanol–water partition coefficient (Wildman–Crippen LogP) is 2.76. The van der Waals surface area contributed by atoms with Crippen molar-refractivity contribution in [1.82, 2.24) is 15.6 Å². The van der Waals surface area contributed by atoms with Crippen molar-refractivity contribution in [1.29, 1.82) is 0 Å². The number of thiazole rings is 1. The Labute approximate surface area is 144 Å². The first kappa shape index (κ1) is 16.4. The molecule has 2 heterocycles. The molecule has 3 amide bonds. The van der Waals surface area contributed by atoms with E-state index in [-0.39, 0.29) is 17.9 Å². The lowest BCUT2D eigenvalue weighted by atomic mass is 9.94. The molecule has 1 fully saturated rings. The molecule has 1 aromatic heterocycles. The highest BCUT2D eigenvalue weighted by atomic mass is 32.1. The fourth-order valence-electron chi connectivity index (χ4n) is 2.66. The normalized spacial score (nSPS) is 20.3. The summed E-state index contributed by atoms with van der Waals surface area (Å²) >= 11 is 1.42. The Morgan fingerprint density at radius 1 is 1.33 bits per heavy atom. The summed E-state index contributed by atoms with van der Waals surface area (Å²) < 4.78 is 0. The summed E-state index contributed by atoms with van der Waals surface area (Å²) in [5.41, 5.74) is 1.77. The molecule has 6 nitrogen and oxygen atoms in total. The molecule has 126 valence electrons. The van der Waals surface area contributed by atoms with Gasteiger partial charge in [0.1, 0.15) is 16.1 Å². The van der Waals surface area contributed by atoms with Crippen molar-refractivity contribution in [2.24, 2.45) is 5.92 Å². The summed E-state index contributed by atoms with van der Waals surface area (Å²) in [6, 6.07) is 8.94. The van der Waals surface area contributed by atoms with E-state index >= 15 is 0 Å². The highest BCUT2D eigenvalue weighted by Crippen LogP contribution is 2.31. The minimum absolute atomic E-state index is 0.118. The number of piperidine rings is 1. The molecular weight excluding hydrogens is 324 g/mol. The first-order valence-electron chi connectivity index (χ1n) is 7.92. The number of anilines is 1. The van der Waals surface area contributed by atoms with Gasteiger partial charge in [0.15, 0.2) is 0 Å². The maximum Gasteiger partial charge on any atom is 0.320 e. The Morgan fingerprint density at radius 3 is 2.79 bits per heavy atom. The summed E-state index contributed by atoms with van der Waals surface area (Å²) in [4.78, 5) is 28.6. The number of nitrogens with one attached hydrogen (secondary N) is 3. The number of hydrogen-bond acceptors (Lipinski definition) is 4. The lowest BCUT2D eigenvalue weighted by Crippen LogP contribution is -2.55. The van der Waals surface area contributed by atoms with Crippen molar-refractivity contribution >= 4 is 28.3 Å². The van der Waals surface area contributed by atoms with E-state index in [0.29, 0.717) is 11.5 Å². The number of nitrogens with zero attached hydrogens (tertiary/aromatic N) is 1. The molecule has 0 bridgehead atoms. The van der Waals surface area contributed by atoms with Gasteiger partial charge in [0.05, 0.1) is 5.69 Å². The van der Waals surface area contributed by atoms with Gasteiger partial charge >= 0.3 is 6.03 Å². The minimum Gasteiger partial charge on any atom is -0.354 e. The number of aromatic nitrogens is 1. The third-order valence-corrected chi connectivity index (χ3v) is 5.20. The molecule has 3 N–H and O–H groups in total. The van der Waals surface area contributed by atoms with Crippen molar-refractivity contribution in [3.8, 4) is 10.6 Å². The predicted molar refractivity (Wildman–Crippen MR) is 95.0 cm³/mol. The van der Waals surface area contributed by atoms with Gasteiger partial charge < -0.3 is 10.6 Å².